The van der Waals surface area contributed by atoms with Gasteiger partial charge in [-0.25, -0.2) is 9.97 Å². The highest BCUT2D eigenvalue weighted by molar-refractivity contribution is 5.99. The number of nitrogens with zero attached hydrogens (tertiary/aromatic N) is 7. The van der Waals surface area contributed by atoms with E-state index in [2.05, 4.69) is 41.4 Å². The summed E-state index contributed by atoms with van der Waals surface area (Å²) in [7, 11) is 0. The van der Waals surface area contributed by atoms with Gasteiger partial charge in [0.15, 0.2) is 5.78 Å². The summed E-state index contributed by atoms with van der Waals surface area (Å²) < 4.78 is 1.74. The zero-order chi connectivity index (χ0) is 28.1. The van der Waals surface area contributed by atoms with E-state index in [0.717, 1.165) is 82.1 Å². The van der Waals surface area contributed by atoms with E-state index in [9.17, 15) is 9.59 Å². The predicted octanol–water partition coefficient (Wildman–Crippen LogP) is 2.33. The van der Waals surface area contributed by atoms with Crippen molar-refractivity contribution in [1.82, 2.24) is 34.6 Å². The molecular formula is C30H39N9O2. The molecule has 3 saturated heterocycles. The molecule has 7 rings (SSSR count). The number of Topliss-reactive ketones (excluding diaryl/α,β-unsaturated/α-hetero) is 1. The first-order chi connectivity index (χ1) is 20.0. The number of nitrogens with one attached hydrogen (secondary N) is 2. The molecule has 0 amide bonds. The van der Waals surface area contributed by atoms with E-state index in [0.29, 0.717) is 29.0 Å². The van der Waals surface area contributed by atoms with Gasteiger partial charge >= 0.3 is 0 Å². The molecule has 0 atom stereocenters. The van der Waals surface area contributed by atoms with Gasteiger partial charge < -0.3 is 15.5 Å². The molecule has 3 aromatic rings. The molecule has 4 aliphatic rings. The molecule has 41 heavy (non-hydrogen) atoms. The summed E-state index contributed by atoms with van der Waals surface area (Å²) in [6.07, 6.45) is 7.59. The van der Waals surface area contributed by atoms with E-state index in [1.165, 1.54) is 20.0 Å². The molecule has 1 saturated carbocycles. The van der Waals surface area contributed by atoms with Crippen molar-refractivity contribution in [3.8, 4) is 0 Å². The van der Waals surface area contributed by atoms with E-state index in [4.69, 9.17) is 4.98 Å². The Morgan fingerprint density at radius 1 is 0.951 bits per heavy atom. The normalized spacial score (nSPS) is 21.3. The molecule has 0 aromatic carbocycles. The van der Waals surface area contributed by atoms with E-state index >= 15 is 0 Å². The number of hydrogen-bond acceptors (Lipinski definition) is 10. The predicted molar refractivity (Wildman–Crippen MR) is 159 cm³/mol. The Balaban J connectivity index is 1.04. The molecule has 0 radical (unpaired) electrons. The van der Waals surface area contributed by atoms with E-state index < -0.39 is 0 Å². The number of anilines is 3. The van der Waals surface area contributed by atoms with Gasteiger partial charge in [-0.15, -0.1) is 0 Å². The highest BCUT2D eigenvalue weighted by atomic mass is 16.1. The highest BCUT2D eigenvalue weighted by Gasteiger charge is 2.38. The molecule has 0 bridgehead atoms. The number of carbonyl (C=O) groups excluding carboxylic acids is 1. The van der Waals surface area contributed by atoms with Gasteiger partial charge in [-0.05, 0) is 44.4 Å². The maximum Gasteiger partial charge on any atom is 0.263 e. The topological polar surface area (TPSA) is 112 Å². The van der Waals surface area contributed by atoms with Crippen LogP contribution in [0.3, 0.4) is 0 Å². The molecule has 2 N–H and O–H groups in total. The van der Waals surface area contributed by atoms with Crippen molar-refractivity contribution in [2.75, 3.05) is 62.6 Å². The van der Waals surface area contributed by atoms with Crippen LogP contribution in [0.1, 0.15) is 54.6 Å². The molecule has 216 valence electrons. The van der Waals surface area contributed by atoms with Crippen LogP contribution in [0.2, 0.25) is 0 Å². The summed E-state index contributed by atoms with van der Waals surface area (Å²) in [5.74, 6) is 0.823. The second kappa shape index (κ2) is 10.8. The van der Waals surface area contributed by atoms with E-state index in [-0.39, 0.29) is 22.9 Å². The Bertz CT molecular complexity index is 1500. The molecule has 1 aliphatic carbocycles. The Morgan fingerprint density at radius 3 is 2.34 bits per heavy atom. The van der Waals surface area contributed by atoms with Gasteiger partial charge in [-0.1, -0.05) is 12.8 Å². The molecule has 0 spiro atoms. The third-order valence-corrected chi connectivity index (χ3v) is 9.60. The van der Waals surface area contributed by atoms with Gasteiger partial charge in [0.1, 0.15) is 11.5 Å². The minimum Gasteiger partial charge on any atom is -0.368 e. The molecular weight excluding hydrogens is 518 g/mol. The Labute approximate surface area is 240 Å². The third kappa shape index (κ3) is 4.89. The first kappa shape index (κ1) is 26.5. The quantitative estimate of drug-likeness (QED) is 0.420. The maximum atomic E-state index is 13.5. The molecule has 3 aromatic heterocycles. The van der Waals surface area contributed by atoms with Crippen molar-refractivity contribution in [3.63, 3.8) is 0 Å². The number of fused-ring (bicyclic) bond motifs is 1. The number of pyridine rings is 2. The fourth-order valence-corrected chi connectivity index (χ4v) is 6.96. The molecule has 11 nitrogen and oxygen atoms in total. The summed E-state index contributed by atoms with van der Waals surface area (Å²) in [4.78, 5) is 47.5. The summed E-state index contributed by atoms with van der Waals surface area (Å²) in [5, 5.41) is 7.34. The number of ketones is 1. The Hall–Kier alpha value is -3.41. The van der Waals surface area contributed by atoms with Crippen LogP contribution in [-0.2, 0) is 0 Å². The lowest BCUT2D eigenvalue weighted by Gasteiger charge is -2.53. The van der Waals surface area contributed by atoms with Crippen LogP contribution in [0.15, 0.2) is 29.3 Å². The van der Waals surface area contributed by atoms with Crippen LogP contribution in [-0.4, -0.2) is 99.5 Å². The number of aryl methyl sites for hydroxylation is 1. The summed E-state index contributed by atoms with van der Waals surface area (Å²) in [6, 6.07) is 5.56. The fourth-order valence-electron chi connectivity index (χ4n) is 6.96. The maximum absolute atomic E-state index is 13.5. The lowest BCUT2D eigenvalue weighted by molar-refractivity contribution is -0.0120. The van der Waals surface area contributed by atoms with Gasteiger partial charge in [0.25, 0.3) is 5.56 Å². The van der Waals surface area contributed by atoms with Crippen molar-refractivity contribution in [1.29, 1.82) is 0 Å². The number of aromatic nitrogens is 4. The first-order valence-electron chi connectivity index (χ1n) is 15.1. The number of rotatable bonds is 7. The van der Waals surface area contributed by atoms with Gasteiger partial charge in [-0.2, -0.15) is 4.98 Å². The second-order valence-corrected chi connectivity index (χ2v) is 12.1. The van der Waals surface area contributed by atoms with Crippen molar-refractivity contribution < 1.29 is 4.79 Å². The van der Waals surface area contributed by atoms with Gasteiger partial charge in [-0.3, -0.25) is 24.0 Å². The third-order valence-electron chi connectivity index (χ3n) is 9.60. The molecule has 4 fully saturated rings. The van der Waals surface area contributed by atoms with Gasteiger partial charge in [0.2, 0.25) is 5.95 Å². The smallest absolute Gasteiger partial charge is 0.263 e. The zero-order valence-electron chi connectivity index (χ0n) is 24.0. The van der Waals surface area contributed by atoms with E-state index in [1.807, 2.05) is 19.2 Å². The van der Waals surface area contributed by atoms with Crippen molar-refractivity contribution in [2.45, 2.75) is 57.7 Å². The number of carbonyl (C=O) groups is 1. The van der Waals surface area contributed by atoms with Crippen molar-refractivity contribution in [3.05, 3.63) is 46.0 Å². The van der Waals surface area contributed by atoms with Crippen LogP contribution in [0.4, 0.5) is 17.5 Å². The van der Waals surface area contributed by atoms with E-state index in [1.54, 1.807) is 10.8 Å². The fraction of sp³-hybridized carbons (Fsp3) is 0.567. The summed E-state index contributed by atoms with van der Waals surface area (Å²) in [6.45, 7) is 12.1. The second-order valence-electron chi connectivity index (χ2n) is 12.1. The largest absolute Gasteiger partial charge is 0.368 e. The molecule has 6 heterocycles. The Morgan fingerprint density at radius 2 is 1.71 bits per heavy atom. The van der Waals surface area contributed by atoms with Crippen LogP contribution in [0, 0.1) is 6.92 Å². The average Bonchev–Trinajstić information content (AvgIpc) is 3.44. The Kier molecular flexibility index (Phi) is 6.96. The average molecular weight is 558 g/mol. The molecule has 0 unspecified atom stereocenters. The zero-order valence-corrected chi connectivity index (χ0v) is 24.0. The highest BCUT2D eigenvalue weighted by Crippen LogP contribution is 2.32. The lowest BCUT2D eigenvalue weighted by Crippen LogP contribution is -2.70. The van der Waals surface area contributed by atoms with Crippen LogP contribution in [0.5, 0.6) is 0 Å². The molecule has 11 heteroatoms. The lowest BCUT2D eigenvalue weighted by atomic mass is 10.00. The number of piperazine rings is 1. The van der Waals surface area contributed by atoms with Gasteiger partial charge in [0.05, 0.1) is 17.4 Å². The first-order valence-corrected chi connectivity index (χ1v) is 15.1. The summed E-state index contributed by atoms with van der Waals surface area (Å²) in [5.41, 5.74) is 2.34. The van der Waals surface area contributed by atoms with Crippen molar-refractivity contribution in [2.24, 2.45) is 0 Å². The SMILES string of the molecule is CC(=O)c1c(C)c2cnc(Nc3ccc(N4CCN(C5CN(C6CNC6)C5)CC4)cn3)nc2n(C2CCCC2)c1=O. The van der Waals surface area contributed by atoms with Crippen molar-refractivity contribution >= 4 is 34.3 Å². The number of hydrogen-bond donors (Lipinski definition) is 2. The minimum atomic E-state index is -0.244. The molecule has 3 aliphatic heterocycles. The number of likely N-dealkylation sites (tertiary alicyclic amines) is 1. The standard InChI is InChI=1S/C30H39N9O2/c1-19-25-16-33-30(35-28(25)39(21-5-3-4-6-21)29(41)27(19)20(2)40)34-26-8-7-22(15-32-26)36-9-11-37(12-10-36)24-17-38(18-24)23-13-31-14-23/h7-8,15-16,21,23-24,31H,3-6,9-14,17-18H2,1-2H3,(H,32,33,34,35). The minimum absolute atomic E-state index is 0.0487. The van der Waals surface area contributed by atoms with Crippen LogP contribution >= 0.6 is 0 Å². The van der Waals surface area contributed by atoms with Crippen LogP contribution in [0.25, 0.3) is 11.0 Å². The van der Waals surface area contributed by atoms with Gasteiger partial charge in [0, 0.05) is 82.1 Å². The van der Waals surface area contributed by atoms with Crippen LogP contribution < -0.4 is 21.1 Å². The monoisotopic (exact) mass is 557 g/mol. The summed E-state index contributed by atoms with van der Waals surface area (Å²) >= 11 is 0.